The highest BCUT2D eigenvalue weighted by molar-refractivity contribution is 7.21. The maximum Gasteiger partial charge on any atom is 0.306 e. The summed E-state index contributed by atoms with van der Waals surface area (Å²) in [5, 5.41) is 11.0. The molecule has 24 heavy (non-hydrogen) atoms. The number of ether oxygens (including phenoxy) is 1. The predicted octanol–water partition coefficient (Wildman–Crippen LogP) is 4.65. The van der Waals surface area contributed by atoms with Gasteiger partial charge >= 0.3 is 5.97 Å². The lowest BCUT2D eigenvalue weighted by Gasteiger charge is -2.06. The maximum atomic E-state index is 12.5. The quantitative estimate of drug-likeness (QED) is 0.658. The zero-order valence-electron chi connectivity index (χ0n) is 13.7. The molecule has 2 aromatic heterocycles. The van der Waals surface area contributed by atoms with Crippen LogP contribution in [0.3, 0.4) is 0 Å². The molecular formula is C18H18O5S. The summed E-state index contributed by atoms with van der Waals surface area (Å²) in [6.07, 6.45) is 0.453. The largest absolute Gasteiger partial charge is 0.493 e. The molecule has 5 nitrogen and oxygen atoms in total. The minimum absolute atomic E-state index is 0.0172. The topological polar surface area (TPSA) is 76.7 Å². The van der Waals surface area contributed by atoms with Crippen LogP contribution in [0.25, 0.3) is 21.1 Å². The molecule has 0 radical (unpaired) electrons. The van der Waals surface area contributed by atoms with Gasteiger partial charge in [0.25, 0.3) is 0 Å². The van der Waals surface area contributed by atoms with Crippen molar-refractivity contribution in [1.82, 2.24) is 0 Å². The number of carbonyl (C=O) groups is 2. The summed E-state index contributed by atoms with van der Waals surface area (Å²) in [5.74, 6) is -0.317. The van der Waals surface area contributed by atoms with Crippen molar-refractivity contribution in [3.8, 4) is 5.75 Å². The maximum absolute atomic E-state index is 12.5. The SMILES string of the molecule is CCC(CC(=O)c1cc2c(cc(OC)c3oc(C)cc32)s1)C(=O)O. The van der Waals surface area contributed by atoms with Gasteiger partial charge in [0.15, 0.2) is 17.1 Å². The van der Waals surface area contributed by atoms with Crippen LogP contribution in [0.1, 0.15) is 35.2 Å². The summed E-state index contributed by atoms with van der Waals surface area (Å²) < 4.78 is 12.0. The molecule has 1 aromatic carbocycles. The number of fused-ring (bicyclic) bond motifs is 3. The number of rotatable bonds is 6. The number of Topliss-reactive ketones (excluding diaryl/α,β-unsaturated/α-hetero) is 1. The molecule has 0 bridgehead atoms. The van der Waals surface area contributed by atoms with Crippen molar-refractivity contribution in [3.05, 3.63) is 28.8 Å². The zero-order chi connectivity index (χ0) is 17.4. The molecule has 2 heterocycles. The predicted molar refractivity (Wildman–Crippen MR) is 93.3 cm³/mol. The van der Waals surface area contributed by atoms with Gasteiger partial charge in [-0.1, -0.05) is 6.92 Å². The molecule has 0 amide bonds. The molecule has 0 aliphatic heterocycles. The Morgan fingerprint density at radius 2 is 2.04 bits per heavy atom. The molecule has 0 saturated carbocycles. The average Bonchev–Trinajstić information content (AvgIpc) is 3.13. The summed E-state index contributed by atoms with van der Waals surface area (Å²) in [6, 6.07) is 5.61. The van der Waals surface area contributed by atoms with E-state index in [1.807, 2.05) is 25.1 Å². The van der Waals surface area contributed by atoms with Crippen LogP contribution >= 0.6 is 11.3 Å². The number of ketones is 1. The van der Waals surface area contributed by atoms with E-state index in [0.717, 1.165) is 21.2 Å². The van der Waals surface area contributed by atoms with Crippen molar-refractivity contribution < 1.29 is 23.8 Å². The second kappa shape index (κ2) is 6.28. The van der Waals surface area contributed by atoms with Gasteiger partial charge in [-0.25, -0.2) is 0 Å². The molecule has 1 atom stereocenters. The van der Waals surface area contributed by atoms with Crippen LogP contribution in [0.2, 0.25) is 0 Å². The minimum Gasteiger partial charge on any atom is -0.493 e. The number of benzene rings is 1. The molecule has 1 N–H and O–H groups in total. The molecule has 126 valence electrons. The molecule has 3 rings (SSSR count). The minimum atomic E-state index is -0.929. The fourth-order valence-corrected chi connectivity index (χ4v) is 3.88. The monoisotopic (exact) mass is 346 g/mol. The second-order valence-corrected chi connectivity index (χ2v) is 6.86. The first-order chi connectivity index (χ1) is 11.4. The summed E-state index contributed by atoms with van der Waals surface area (Å²) in [6.45, 7) is 3.64. The van der Waals surface area contributed by atoms with Crippen LogP contribution in [0.5, 0.6) is 5.75 Å². The van der Waals surface area contributed by atoms with Crippen molar-refractivity contribution in [2.24, 2.45) is 5.92 Å². The Kier molecular flexibility index (Phi) is 4.32. The molecule has 0 aliphatic carbocycles. The lowest BCUT2D eigenvalue weighted by molar-refractivity contribution is -0.141. The van der Waals surface area contributed by atoms with Gasteiger partial charge < -0.3 is 14.3 Å². The molecule has 0 aliphatic rings. The third-order valence-corrected chi connectivity index (χ3v) is 5.28. The number of aliphatic carboxylic acids is 1. The first-order valence-electron chi connectivity index (χ1n) is 7.71. The van der Waals surface area contributed by atoms with Crippen molar-refractivity contribution in [2.45, 2.75) is 26.7 Å². The van der Waals surface area contributed by atoms with Gasteiger partial charge in [0.1, 0.15) is 5.76 Å². The Morgan fingerprint density at radius 1 is 1.29 bits per heavy atom. The number of hydrogen-bond donors (Lipinski definition) is 1. The van der Waals surface area contributed by atoms with E-state index in [1.165, 1.54) is 11.3 Å². The molecule has 3 aromatic rings. The number of aryl methyl sites for hydroxylation is 1. The Morgan fingerprint density at radius 3 is 2.67 bits per heavy atom. The average molecular weight is 346 g/mol. The Balaban J connectivity index is 2.06. The normalized spacial score (nSPS) is 12.6. The van der Waals surface area contributed by atoms with Crippen molar-refractivity contribution >= 4 is 44.1 Å². The van der Waals surface area contributed by atoms with Gasteiger partial charge in [-0.15, -0.1) is 11.3 Å². The first kappa shape index (κ1) is 16.5. The van der Waals surface area contributed by atoms with Crippen molar-refractivity contribution in [1.29, 1.82) is 0 Å². The Hall–Kier alpha value is -2.34. The van der Waals surface area contributed by atoms with E-state index in [-0.39, 0.29) is 12.2 Å². The first-order valence-corrected chi connectivity index (χ1v) is 8.53. The van der Waals surface area contributed by atoms with Gasteiger partial charge in [-0.2, -0.15) is 0 Å². The van der Waals surface area contributed by atoms with Gasteiger partial charge in [0.05, 0.1) is 17.9 Å². The summed E-state index contributed by atoms with van der Waals surface area (Å²) in [7, 11) is 1.58. The zero-order valence-corrected chi connectivity index (χ0v) is 14.5. The van der Waals surface area contributed by atoms with E-state index in [0.29, 0.717) is 22.6 Å². The number of carbonyl (C=O) groups excluding carboxylic acids is 1. The van der Waals surface area contributed by atoms with Crippen LogP contribution in [0, 0.1) is 12.8 Å². The molecule has 0 saturated heterocycles. The van der Waals surface area contributed by atoms with Crippen LogP contribution < -0.4 is 4.74 Å². The summed E-state index contributed by atoms with van der Waals surface area (Å²) >= 11 is 1.36. The third kappa shape index (κ3) is 2.78. The van der Waals surface area contributed by atoms with Gasteiger partial charge in [0.2, 0.25) is 0 Å². The fraction of sp³-hybridized carbons (Fsp3) is 0.333. The van der Waals surface area contributed by atoms with Crippen molar-refractivity contribution in [3.63, 3.8) is 0 Å². The number of furan rings is 1. The molecule has 0 spiro atoms. The second-order valence-electron chi connectivity index (χ2n) is 5.77. The van der Waals surface area contributed by atoms with E-state index in [4.69, 9.17) is 14.3 Å². The number of carboxylic acid groups (broad SMARTS) is 1. The van der Waals surface area contributed by atoms with E-state index in [2.05, 4.69) is 0 Å². The lowest BCUT2D eigenvalue weighted by Crippen LogP contribution is -2.16. The lowest BCUT2D eigenvalue weighted by atomic mass is 9.99. The Labute approximate surface area is 142 Å². The van der Waals surface area contributed by atoms with E-state index in [9.17, 15) is 9.59 Å². The molecule has 0 fully saturated rings. The third-order valence-electron chi connectivity index (χ3n) is 4.16. The molecule has 6 heteroatoms. The number of carboxylic acids is 1. The van der Waals surface area contributed by atoms with Crippen LogP contribution in [-0.4, -0.2) is 24.0 Å². The standard InChI is InChI=1S/C18H18O5S/c1-4-10(18(20)21)6-13(19)16-7-11-12-5-9(2)23-17(12)14(22-3)8-15(11)24-16/h5,7-8,10H,4,6H2,1-3H3,(H,20,21). The van der Waals surface area contributed by atoms with Crippen LogP contribution in [0.4, 0.5) is 0 Å². The van der Waals surface area contributed by atoms with E-state index >= 15 is 0 Å². The van der Waals surface area contributed by atoms with Gasteiger partial charge in [-0.3, -0.25) is 9.59 Å². The van der Waals surface area contributed by atoms with Crippen LogP contribution in [0.15, 0.2) is 22.6 Å². The summed E-state index contributed by atoms with van der Waals surface area (Å²) in [4.78, 5) is 24.2. The number of methoxy groups -OCH3 is 1. The van der Waals surface area contributed by atoms with E-state index < -0.39 is 11.9 Å². The summed E-state index contributed by atoms with van der Waals surface area (Å²) in [5.41, 5.74) is 0.663. The molecular weight excluding hydrogens is 328 g/mol. The smallest absolute Gasteiger partial charge is 0.306 e. The van der Waals surface area contributed by atoms with Gasteiger partial charge in [0, 0.05) is 28.0 Å². The van der Waals surface area contributed by atoms with Crippen LogP contribution in [-0.2, 0) is 4.79 Å². The van der Waals surface area contributed by atoms with Crippen molar-refractivity contribution in [2.75, 3.05) is 7.11 Å². The molecule has 1 unspecified atom stereocenters. The number of thiophene rings is 1. The number of hydrogen-bond acceptors (Lipinski definition) is 5. The highest BCUT2D eigenvalue weighted by atomic mass is 32.1. The van der Waals surface area contributed by atoms with E-state index in [1.54, 1.807) is 14.0 Å². The highest BCUT2D eigenvalue weighted by Gasteiger charge is 2.22. The fourth-order valence-electron chi connectivity index (χ4n) is 2.82. The highest BCUT2D eigenvalue weighted by Crippen LogP contribution is 2.39. The Bertz CT molecular complexity index is 934. The van der Waals surface area contributed by atoms with Gasteiger partial charge in [-0.05, 0) is 25.5 Å².